The van der Waals surface area contributed by atoms with Crippen molar-refractivity contribution < 1.29 is 22.7 Å². The Kier molecular flexibility index (Phi) is 6.76. The molecule has 2 aromatic rings. The van der Waals surface area contributed by atoms with E-state index in [4.69, 9.17) is 9.47 Å². The Balaban J connectivity index is 1.56. The van der Waals surface area contributed by atoms with Gasteiger partial charge in [-0.05, 0) is 42.3 Å². The highest BCUT2D eigenvalue weighted by Crippen LogP contribution is 2.22. The number of methoxy groups -OCH3 is 2. The second-order valence-corrected chi connectivity index (χ2v) is 8.71. The molecule has 0 aliphatic carbocycles. The maximum atomic E-state index is 12.8. The summed E-state index contributed by atoms with van der Waals surface area (Å²) in [6.07, 6.45) is 0.957. The standard InChI is InChI=1S/C21H26N2O5S/c1-27-18-8-10-19(11-9-18)29(25,26)23-15-13-22(14-16-23)21(24)12-7-17-5-3-4-6-20(17)28-2/h3-6,8-11H,7,12-16H2,1-2H3. The molecule has 0 bridgehead atoms. The Bertz CT molecular complexity index is 936. The van der Waals surface area contributed by atoms with Crippen molar-refractivity contribution in [2.75, 3.05) is 40.4 Å². The quantitative estimate of drug-likeness (QED) is 0.689. The molecule has 1 aliphatic heterocycles. The number of hydrogen-bond donors (Lipinski definition) is 0. The van der Waals surface area contributed by atoms with Gasteiger partial charge in [-0.15, -0.1) is 0 Å². The van der Waals surface area contributed by atoms with Crippen LogP contribution in [-0.4, -0.2) is 63.9 Å². The molecule has 0 aromatic heterocycles. The summed E-state index contributed by atoms with van der Waals surface area (Å²) >= 11 is 0. The Morgan fingerprint density at radius 1 is 0.931 bits per heavy atom. The van der Waals surface area contributed by atoms with Gasteiger partial charge in [0, 0.05) is 32.6 Å². The van der Waals surface area contributed by atoms with E-state index in [1.807, 2.05) is 24.3 Å². The molecule has 1 aliphatic rings. The lowest BCUT2D eigenvalue weighted by atomic mass is 10.1. The SMILES string of the molecule is COc1ccc(S(=O)(=O)N2CCN(C(=O)CCc3ccccc3OC)CC2)cc1. The molecule has 7 nitrogen and oxygen atoms in total. The fourth-order valence-electron chi connectivity index (χ4n) is 3.38. The van der Waals surface area contributed by atoms with Crippen LogP contribution in [0.5, 0.6) is 11.5 Å². The summed E-state index contributed by atoms with van der Waals surface area (Å²) in [6, 6.07) is 14.0. The monoisotopic (exact) mass is 418 g/mol. The molecule has 1 heterocycles. The van der Waals surface area contributed by atoms with E-state index in [-0.39, 0.29) is 23.9 Å². The fraction of sp³-hybridized carbons (Fsp3) is 0.381. The number of amides is 1. The lowest BCUT2D eigenvalue weighted by Gasteiger charge is -2.34. The van der Waals surface area contributed by atoms with E-state index in [1.165, 1.54) is 11.4 Å². The van der Waals surface area contributed by atoms with Crippen LogP contribution in [-0.2, 0) is 21.2 Å². The van der Waals surface area contributed by atoms with E-state index in [9.17, 15) is 13.2 Å². The summed E-state index contributed by atoms with van der Waals surface area (Å²) in [4.78, 5) is 14.5. The Morgan fingerprint density at radius 3 is 2.21 bits per heavy atom. The maximum absolute atomic E-state index is 12.8. The second-order valence-electron chi connectivity index (χ2n) is 6.77. The molecule has 0 radical (unpaired) electrons. The minimum atomic E-state index is -3.58. The van der Waals surface area contributed by atoms with Gasteiger partial charge in [0.05, 0.1) is 19.1 Å². The smallest absolute Gasteiger partial charge is 0.243 e. The summed E-state index contributed by atoms with van der Waals surface area (Å²) in [5.41, 5.74) is 0.990. The molecule has 156 valence electrons. The van der Waals surface area contributed by atoms with Crippen molar-refractivity contribution in [2.45, 2.75) is 17.7 Å². The summed E-state index contributed by atoms with van der Waals surface area (Å²) in [6.45, 7) is 1.35. The number of hydrogen-bond acceptors (Lipinski definition) is 5. The number of nitrogens with zero attached hydrogens (tertiary/aromatic N) is 2. The molecule has 1 fully saturated rings. The summed E-state index contributed by atoms with van der Waals surface area (Å²) in [7, 11) is -0.428. The highest BCUT2D eigenvalue weighted by atomic mass is 32.2. The lowest BCUT2D eigenvalue weighted by Crippen LogP contribution is -2.50. The fourth-order valence-corrected chi connectivity index (χ4v) is 4.81. The van der Waals surface area contributed by atoms with Crippen LogP contribution in [0.25, 0.3) is 0 Å². The second kappa shape index (κ2) is 9.28. The minimum Gasteiger partial charge on any atom is -0.497 e. The van der Waals surface area contributed by atoms with Gasteiger partial charge in [-0.3, -0.25) is 4.79 Å². The van der Waals surface area contributed by atoms with Gasteiger partial charge < -0.3 is 14.4 Å². The number of para-hydroxylation sites is 1. The zero-order chi connectivity index (χ0) is 20.9. The van der Waals surface area contributed by atoms with Crippen molar-refractivity contribution in [1.82, 2.24) is 9.21 Å². The first-order valence-corrected chi connectivity index (χ1v) is 10.9. The van der Waals surface area contributed by atoms with Gasteiger partial charge in [0.2, 0.25) is 15.9 Å². The number of piperazine rings is 1. The predicted octanol–water partition coefficient (Wildman–Crippen LogP) is 2.17. The molecule has 1 amide bonds. The molecular formula is C21H26N2O5S. The van der Waals surface area contributed by atoms with Crippen molar-refractivity contribution in [2.24, 2.45) is 0 Å². The number of carbonyl (C=O) groups excluding carboxylic acids is 1. The number of sulfonamides is 1. The molecule has 2 aromatic carbocycles. The molecular weight excluding hydrogens is 392 g/mol. The van der Waals surface area contributed by atoms with Gasteiger partial charge in [0.25, 0.3) is 0 Å². The first kappa shape index (κ1) is 21.1. The molecule has 0 atom stereocenters. The first-order valence-electron chi connectivity index (χ1n) is 9.49. The van der Waals surface area contributed by atoms with Crippen LogP contribution in [0.3, 0.4) is 0 Å². The van der Waals surface area contributed by atoms with Crippen LogP contribution in [0, 0.1) is 0 Å². The molecule has 1 saturated heterocycles. The zero-order valence-electron chi connectivity index (χ0n) is 16.7. The minimum absolute atomic E-state index is 0.0254. The van der Waals surface area contributed by atoms with Crippen LogP contribution < -0.4 is 9.47 Å². The van der Waals surface area contributed by atoms with Crippen LogP contribution >= 0.6 is 0 Å². The van der Waals surface area contributed by atoms with Gasteiger partial charge in [-0.1, -0.05) is 18.2 Å². The molecule has 0 spiro atoms. The predicted molar refractivity (Wildman–Crippen MR) is 110 cm³/mol. The van der Waals surface area contributed by atoms with Gasteiger partial charge in [-0.25, -0.2) is 8.42 Å². The van der Waals surface area contributed by atoms with E-state index >= 15 is 0 Å². The molecule has 0 N–H and O–H groups in total. The third kappa shape index (κ3) is 4.89. The number of carbonyl (C=O) groups is 1. The largest absolute Gasteiger partial charge is 0.497 e. The highest BCUT2D eigenvalue weighted by molar-refractivity contribution is 7.89. The number of aryl methyl sites for hydroxylation is 1. The topological polar surface area (TPSA) is 76.2 Å². The third-order valence-electron chi connectivity index (χ3n) is 5.09. The third-order valence-corrected chi connectivity index (χ3v) is 7.00. The van der Waals surface area contributed by atoms with Gasteiger partial charge >= 0.3 is 0 Å². The number of benzene rings is 2. The highest BCUT2D eigenvalue weighted by Gasteiger charge is 2.30. The zero-order valence-corrected chi connectivity index (χ0v) is 17.5. The number of ether oxygens (including phenoxy) is 2. The van der Waals surface area contributed by atoms with E-state index in [0.717, 1.165) is 11.3 Å². The van der Waals surface area contributed by atoms with Crippen LogP contribution in [0.15, 0.2) is 53.4 Å². The van der Waals surface area contributed by atoms with E-state index in [1.54, 1.807) is 36.3 Å². The normalized spacial score (nSPS) is 15.2. The molecule has 0 unspecified atom stereocenters. The van der Waals surface area contributed by atoms with Crippen molar-refractivity contribution in [3.8, 4) is 11.5 Å². The van der Waals surface area contributed by atoms with Gasteiger partial charge in [0.1, 0.15) is 11.5 Å². The van der Waals surface area contributed by atoms with E-state index < -0.39 is 10.0 Å². The lowest BCUT2D eigenvalue weighted by molar-refractivity contribution is -0.132. The van der Waals surface area contributed by atoms with Crippen LogP contribution in [0.1, 0.15) is 12.0 Å². The van der Waals surface area contributed by atoms with Gasteiger partial charge in [-0.2, -0.15) is 4.31 Å². The molecule has 0 saturated carbocycles. The average Bonchev–Trinajstić information content (AvgIpc) is 2.77. The van der Waals surface area contributed by atoms with Gasteiger partial charge in [0.15, 0.2) is 0 Å². The molecule has 29 heavy (non-hydrogen) atoms. The Labute approximate surface area is 171 Å². The summed E-state index contributed by atoms with van der Waals surface area (Å²) in [5.74, 6) is 1.41. The van der Waals surface area contributed by atoms with Crippen LogP contribution in [0.4, 0.5) is 0 Å². The van der Waals surface area contributed by atoms with Crippen LogP contribution in [0.2, 0.25) is 0 Å². The molecule has 8 heteroatoms. The average molecular weight is 419 g/mol. The Morgan fingerprint density at radius 2 is 1.59 bits per heavy atom. The maximum Gasteiger partial charge on any atom is 0.243 e. The van der Waals surface area contributed by atoms with E-state index in [0.29, 0.717) is 31.7 Å². The first-order chi connectivity index (χ1) is 14.0. The van der Waals surface area contributed by atoms with E-state index in [2.05, 4.69) is 0 Å². The Hall–Kier alpha value is -2.58. The summed E-state index contributed by atoms with van der Waals surface area (Å²) in [5, 5.41) is 0. The van der Waals surface area contributed by atoms with Crippen molar-refractivity contribution in [1.29, 1.82) is 0 Å². The van der Waals surface area contributed by atoms with Crippen molar-refractivity contribution in [3.63, 3.8) is 0 Å². The van der Waals surface area contributed by atoms with Crippen molar-refractivity contribution in [3.05, 3.63) is 54.1 Å². The number of rotatable bonds is 7. The van der Waals surface area contributed by atoms with Crippen molar-refractivity contribution >= 4 is 15.9 Å². The summed E-state index contributed by atoms with van der Waals surface area (Å²) < 4.78 is 37.5. The molecule has 3 rings (SSSR count).